The highest BCUT2D eigenvalue weighted by Crippen LogP contribution is 2.55. The number of hydrogen-bond acceptors (Lipinski definition) is 7. The van der Waals surface area contributed by atoms with Gasteiger partial charge in [-0.05, 0) is 53.0 Å². The van der Waals surface area contributed by atoms with Crippen LogP contribution in [0.4, 0.5) is 0 Å². The van der Waals surface area contributed by atoms with Gasteiger partial charge in [-0.3, -0.25) is 14.4 Å². The Balaban J connectivity index is 1.49. The normalized spacial score (nSPS) is 27.4. The van der Waals surface area contributed by atoms with Crippen LogP contribution in [0.1, 0.15) is 42.9 Å². The summed E-state index contributed by atoms with van der Waals surface area (Å²) in [6, 6.07) is 11.2. The second-order valence-corrected chi connectivity index (χ2v) is 11.7. The highest BCUT2D eigenvalue weighted by atomic mass is 16.3. The van der Waals surface area contributed by atoms with Crippen LogP contribution in [-0.4, -0.2) is 43.5 Å². The molecule has 1 amide bonds. The molecule has 6 rings (SSSR count). The number of phenols is 1. The van der Waals surface area contributed by atoms with E-state index in [9.17, 15) is 34.8 Å². The molecule has 0 aliphatic heterocycles. The molecule has 8 heteroatoms. The summed E-state index contributed by atoms with van der Waals surface area (Å²) in [5, 5.41) is 45.1. The van der Waals surface area contributed by atoms with Gasteiger partial charge in [0.15, 0.2) is 11.4 Å². The Labute approximate surface area is 236 Å². The maximum Gasteiger partial charge on any atom is 0.255 e. The molecule has 0 bridgehead atoms. The molecule has 4 atom stereocenters. The number of fused-ring (bicyclic) bond motifs is 3. The van der Waals surface area contributed by atoms with Crippen LogP contribution in [0.25, 0.3) is 16.9 Å². The third-order valence-electron chi connectivity index (χ3n) is 9.21. The third-order valence-corrected chi connectivity index (χ3v) is 9.21. The number of carbonyl (C=O) groups is 3. The van der Waals surface area contributed by atoms with Crippen molar-refractivity contribution in [2.24, 2.45) is 29.4 Å². The SMILES string of the molecule is CC(C)[C@@H]1C(=O)C(C(N)=O)=C(O)[C@@]2(O)C(=O)C3=C(O)c4c(O)ccc(-c5ccc(C6C=CC=C6)cc5)c4C[C@H]3C[C@@H]12. The quantitative estimate of drug-likeness (QED) is 0.355. The van der Waals surface area contributed by atoms with Crippen molar-refractivity contribution >= 4 is 23.2 Å². The lowest BCUT2D eigenvalue weighted by atomic mass is 9.54. The molecule has 2 aromatic carbocycles. The fourth-order valence-electron chi connectivity index (χ4n) is 7.29. The average Bonchev–Trinajstić information content (AvgIpc) is 3.46. The van der Waals surface area contributed by atoms with Gasteiger partial charge in [-0.15, -0.1) is 0 Å². The summed E-state index contributed by atoms with van der Waals surface area (Å²) in [5.74, 6) is -7.51. The topological polar surface area (TPSA) is 158 Å². The van der Waals surface area contributed by atoms with Crippen LogP contribution in [0.15, 0.2) is 77.6 Å². The molecule has 6 N–H and O–H groups in total. The molecule has 4 aliphatic rings. The van der Waals surface area contributed by atoms with Gasteiger partial charge in [0.1, 0.15) is 22.8 Å². The van der Waals surface area contributed by atoms with E-state index in [0.29, 0.717) is 5.56 Å². The van der Waals surface area contributed by atoms with Crippen molar-refractivity contribution in [2.75, 3.05) is 0 Å². The lowest BCUT2D eigenvalue weighted by Crippen LogP contribution is -2.62. The summed E-state index contributed by atoms with van der Waals surface area (Å²) in [6.07, 6.45) is 8.54. The van der Waals surface area contributed by atoms with Crippen LogP contribution in [0, 0.1) is 23.7 Å². The highest BCUT2D eigenvalue weighted by Gasteiger charge is 2.64. The molecule has 0 heterocycles. The first-order valence-electron chi connectivity index (χ1n) is 13.7. The maximum atomic E-state index is 14.0. The number of aliphatic hydroxyl groups is 3. The molecular weight excluding hydrogens is 522 g/mol. The Morgan fingerprint density at radius 2 is 1.66 bits per heavy atom. The largest absolute Gasteiger partial charge is 0.508 e. The smallest absolute Gasteiger partial charge is 0.255 e. The second kappa shape index (κ2) is 9.31. The molecule has 0 radical (unpaired) electrons. The number of ketones is 2. The molecule has 1 saturated carbocycles. The molecule has 0 saturated heterocycles. The molecular formula is C33H31NO7. The number of primary amides is 1. The van der Waals surface area contributed by atoms with E-state index in [1.54, 1.807) is 19.9 Å². The van der Waals surface area contributed by atoms with E-state index in [1.807, 2.05) is 36.4 Å². The summed E-state index contributed by atoms with van der Waals surface area (Å²) in [6.45, 7) is 3.48. The molecule has 0 aromatic heterocycles. The molecule has 0 unspecified atom stereocenters. The van der Waals surface area contributed by atoms with Crippen LogP contribution in [0.2, 0.25) is 0 Å². The highest BCUT2D eigenvalue weighted by molar-refractivity contribution is 6.23. The van der Waals surface area contributed by atoms with Crippen molar-refractivity contribution < 1.29 is 34.8 Å². The van der Waals surface area contributed by atoms with Crippen LogP contribution in [-0.2, 0) is 20.8 Å². The second-order valence-electron chi connectivity index (χ2n) is 11.7. The number of aliphatic hydroxyl groups excluding tert-OH is 2. The summed E-state index contributed by atoms with van der Waals surface area (Å²) in [7, 11) is 0. The summed E-state index contributed by atoms with van der Waals surface area (Å²) in [5.41, 5.74) is 5.34. The minimum Gasteiger partial charge on any atom is -0.508 e. The lowest BCUT2D eigenvalue weighted by Gasteiger charge is -2.50. The number of amides is 1. The number of rotatable bonds is 4. The number of Topliss-reactive ketones (excluding diaryl/α,β-unsaturated/α-hetero) is 2. The zero-order valence-electron chi connectivity index (χ0n) is 22.7. The van der Waals surface area contributed by atoms with Gasteiger partial charge in [-0.25, -0.2) is 0 Å². The lowest BCUT2D eigenvalue weighted by molar-refractivity contribution is -0.155. The Bertz CT molecular complexity index is 1630. The predicted molar refractivity (Wildman–Crippen MR) is 152 cm³/mol. The number of hydrogen-bond donors (Lipinski definition) is 5. The fourth-order valence-corrected chi connectivity index (χ4v) is 7.29. The average molecular weight is 554 g/mol. The number of carbonyl (C=O) groups excluding carboxylic acids is 3. The molecule has 8 nitrogen and oxygen atoms in total. The Kier molecular flexibility index (Phi) is 6.08. The zero-order valence-corrected chi connectivity index (χ0v) is 22.7. The molecule has 0 spiro atoms. The Morgan fingerprint density at radius 1 is 1.00 bits per heavy atom. The number of allylic oxidation sites excluding steroid dienone is 4. The number of phenolic OH excluding ortho intramolecular Hbond substituents is 1. The van der Waals surface area contributed by atoms with E-state index in [4.69, 9.17) is 5.73 Å². The first-order chi connectivity index (χ1) is 19.5. The Hall–Kier alpha value is -4.43. The van der Waals surface area contributed by atoms with E-state index >= 15 is 0 Å². The van der Waals surface area contributed by atoms with E-state index < -0.39 is 57.9 Å². The van der Waals surface area contributed by atoms with Crippen LogP contribution in [0.3, 0.4) is 0 Å². The van der Waals surface area contributed by atoms with Crippen LogP contribution >= 0.6 is 0 Å². The van der Waals surface area contributed by atoms with Crippen molar-refractivity contribution in [3.05, 3.63) is 94.3 Å². The van der Waals surface area contributed by atoms with Crippen molar-refractivity contribution in [3.8, 4) is 16.9 Å². The van der Waals surface area contributed by atoms with E-state index in [2.05, 4.69) is 12.2 Å². The van der Waals surface area contributed by atoms with Crippen LogP contribution in [0.5, 0.6) is 5.75 Å². The van der Waals surface area contributed by atoms with Crippen molar-refractivity contribution in [2.45, 2.75) is 38.2 Å². The third kappa shape index (κ3) is 3.74. The molecule has 41 heavy (non-hydrogen) atoms. The predicted octanol–water partition coefficient (Wildman–Crippen LogP) is 4.18. The van der Waals surface area contributed by atoms with Gasteiger partial charge in [0, 0.05) is 23.3 Å². The van der Waals surface area contributed by atoms with Gasteiger partial charge in [0.05, 0.1) is 5.56 Å². The standard InChI is InChI=1S/C33H31NO7/c1-15(2)24-22-14-19-13-21-20(18-9-7-17(8-10-18)16-5-3-4-6-16)11-12-23(35)26(21)29(37)25(19)30(38)33(22,41)31(39)27(28(24)36)32(34)40/h3-12,15-16,19,22,24,35,37,39,41H,13-14H2,1-2H3,(H2,34,40)/t19-,22-,24-,33-/m0/s1. The first-order valence-corrected chi connectivity index (χ1v) is 13.7. The number of benzene rings is 2. The monoisotopic (exact) mass is 553 g/mol. The van der Waals surface area contributed by atoms with Crippen molar-refractivity contribution in [1.82, 2.24) is 0 Å². The number of aromatic hydroxyl groups is 1. The maximum absolute atomic E-state index is 14.0. The summed E-state index contributed by atoms with van der Waals surface area (Å²) < 4.78 is 0. The molecule has 4 aliphatic carbocycles. The zero-order chi connectivity index (χ0) is 29.4. The molecule has 2 aromatic rings. The van der Waals surface area contributed by atoms with Gasteiger partial charge in [0.2, 0.25) is 5.78 Å². The molecule has 210 valence electrons. The molecule has 1 fully saturated rings. The van der Waals surface area contributed by atoms with Gasteiger partial charge in [-0.1, -0.05) is 68.5 Å². The minimum absolute atomic E-state index is 0.0835. The van der Waals surface area contributed by atoms with Crippen LogP contribution < -0.4 is 5.73 Å². The first kappa shape index (κ1) is 26.8. The van der Waals surface area contributed by atoms with Gasteiger partial charge >= 0.3 is 0 Å². The van der Waals surface area contributed by atoms with Crippen molar-refractivity contribution in [3.63, 3.8) is 0 Å². The minimum atomic E-state index is -2.61. The number of nitrogens with two attached hydrogens (primary N) is 1. The van der Waals surface area contributed by atoms with E-state index in [0.717, 1.165) is 16.7 Å². The Morgan fingerprint density at radius 3 is 2.27 bits per heavy atom. The van der Waals surface area contributed by atoms with Gasteiger partial charge < -0.3 is 26.2 Å². The van der Waals surface area contributed by atoms with E-state index in [1.165, 1.54) is 6.07 Å². The van der Waals surface area contributed by atoms with E-state index in [-0.39, 0.29) is 41.6 Å². The fraction of sp³-hybridized carbons (Fsp3) is 0.303. The summed E-state index contributed by atoms with van der Waals surface area (Å²) >= 11 is 0. The van der Waals surface area contributed by atoms with Gasteiger partial charge in [0.25, 0.3) is 5.91 Å². The van der Waals surface area contributed by atoms with Crippen molar-refractivity contribution in [1.29, 1.82) is 0 Å². The summed E-state index contributed by atoms with van der Waals surface area (Å²) in [4.78, 5) is 39.5. The van der Waals surface area contributed by atoms with Gasteiger partial charge in [-0.2, -0.15) is 0 Å².